The van der Waals surface area contributed by atoms with Crippen LogP contribution in [0.5, 0.6) is 0 Å². The first-order chi connectivity index (χ1) is 14.6. The lowest BCUT2D eigenvalue weighted by Gasteiger charge is -2.30. The summed E-state index contributed by atoms with van der Waals surface area (Å²) < 4.78 is 42.5. The van der Waals surface area contributed by atoms with Crippen LogP contribution in [0, 0.1) is 23.7 Å². The summed E-state index contributed by atoms with van der Waals surface area (Å²) in [5, 5.41) is 0. The summed E-state index contributed by atoms with van der Waals surface area (Å²) in [7, 11) is -8.70. The Kier molecular flexibility index (Phi) is 10.9. The number of phosphoric ester groups is 2. The van der Waals surface area contributed by atoms with E-state index in [0.717, 1.165) is 11.1 Å². The minimum absolute atomic E-state index is 0.0907. The second-order valence-corrected chi connectivity index (χ2v) is 11.3. The maximum absolute atomic E-state index is 11.6. The molecule has 0 bridgehead atoms. The highest BCUT2D eigenvalue weighted by atomic mass is 31.2. The second-order valence-electron chi connectivity index (χ2n) is 8.65. The van der Waals surface area contributed by atoms with Crippen molar-refractivity contribution in [2.45, 2.75) is 65.6 Å². The molecule has 2 atom stereocenters. The maximum atomic E-state index is 11.6. The third-order valence-corrected chi connectivity index (χ3v) is 5.61. The van der Waals surface area contributed by atoms with Gasteiger partial charge in [0.15, 0.2) is 0 Å². The van der Waals surface area contributed by atoms with Crippen molar-refractivity contribution < 1.29 is 37.0 Å². The van der Waals surface area contributed by atoms with Crippen LogP contribution in [0.25, 0.3) is 0 Å². The number of hydrogen-bond donors (Lipinski definition) is 0. The molecule has 10 heteroatoms. The van der Waals surface area contributed by atoms with Gasteiger partial charge < -0.3 is 27.9 Å². The lowest BCUT2D eigenvalue weighted by Crippen LogP contribution is -2.22. The Morgan fingerprint density at radius 2 is 1.03 bits per heavy atom. The van der Waals surface area contributed by atoms with Crippen molar-refractivity contribution in [3.05, 3.63) is 35.4 Å². The SMILES string of the molecule is CC(C)(C)OP(=O)([O-])OCCC#Cc1ccc(C#CCCOP(=O)([O-])OC(C)(C)C)cc1. The number of phosphoric acid groups is 2. The van der Waals surface area contributed by atoms with Gasteiger partial charge in [-0.25, -0.2) is 0 Å². The van der Waals surface area contributed by atoms with Crippen LogP contribution in [0.4, 0.5) is 0 Å². The normalized spacial score (nSPS) is 15.5. The molecule has 1 aromatic rings. The Morgan fingerprint density at radius 3 is 1.31 bits per heavy atom. The van der Waals surface area contributed by atoms with Gasteiger partial charge in [0.05, 0.1) is 24.4 Å². The van der Waals surface area contributed by atoms with Gasteiger partial charge in [0.1, 0.15) is 0 Å². The molecule has 32 heavy (non-hydrogen) atoms. The molecule has 2 unspecified atom stereocenters. The van der Waals surface area contributed by atoms with Crippen molar-refractivity contribution in [3.8, 4) is 23.7 Å². The molecule has 0 radical (unpaired) electrons. The fourth-order valence-electron chi connectivity index (χ4n) is 2.11. The maximum Gasteiger partial charge on any atom is 0.268 e. The van der Waals surface area contributed by atoms with Gasteiger partial charge in [0.25, 0.3) is 15.6 Å². The van der Waals surface area contributed by atoms with E-state index >= 15 is 0 Å². The zero-order valence-electron chi connectivity index (χ0n) is 19.3. The highest BCUT2D eigenvalue weighted by Gasteiger charge is 2.20. The van der Waals surface area contributed by atoms with E-state index < -0.39 is 26.8 Å². The van der Waals surface area contributed by atoms with Crippen LogP contribution in [-0.2, 0) is 27.2 Å². The van der Waals surface area contributed by atoms with Gasteiger partial charge in [0, 0.05) is 24.0 Å². The second kappa shape index (κ2) is 12.1. The topological polar surface area (TPSA) is 117 Å². The van der Waals surface area contributed by atoms with Gasteiger partial charge in [0.2, 0.25) is 0 Å². The summed E-state index contributed by atoms with van der Waals surface area (Å²) in [6.07, 6.45) is 0.452. The standard InChI is InChI=1S/C22H32O8P2/c1-21(2,3)29-31(23,24)27-17-9-7-11-19-13-15-20(16-14-19)12-8-10-18-28-32(25,26)30-22(4,5)6/h13-16H,9-10,17-18H2,1-6H3,(H,23,24)(H,25,26)/p-2. The molecule has 0 amide bonds. The summed E-state index contributed by atoms with van der Waals surface area (Å²) in [6, 6.07) is 7.11. The molecule has 1 rings (SSSR count). The molecular weight excluding hydrogens is 454 g/mol. The molecule has 0 N–H and O–H groups in total. The predicted molar refractivity (Wildman–Crippen MR) is 118 cm³/mol. The van der Waals surface area contributed by atoms with E-state index in [-0.39, 0.29) is 26.1 Å². The Labute approximate surface area is 190 Å². The Balaban J connectivity index is 2.43. The first-order valence-corrected chi connectivity index (χ1v) is 12.9. The van der Waals surface area contributed by atoms with Crippen molar-refractivity contribution in [2.75, 3.05) is 13.2 Å². The summed E-state index contributed by atoms with van der Waals surface area (Å²) in [5.74, 6) is 11.5. The summed E-state index contributed by atoms with van der Waals surface area (Å²) in [4.78, 5) is 23.3. The van der Waals surface area contributed by atoms with Crippen LogP contribution >= 0.6 is 15.6 Å². The molecule has 8 nitrogen and oxygen atoms in total. The van der Waals surface area contributed by atoms with E-state index in [4.69, 9.17) is 18.1 Å². The van der Waals surface area contributed by atoms with Gasteiger partial charge >= 0.3 is 0 Å². The largest absolute Gasteiger partial charge is 0.756 e. The predicted octanol–water partition coefficient (Wildman–Crippen LogP) is 3.77. The molecule has 0 aromatic heterocycles. The highest BCUT2D eigenvalue weighted by molar-refractivity contribution is 7.46. The zero-order chi connectivity index (χ0) is 24.5. The average Bonchev–Trinajstić information content (AvgIpc) is 2.58. The van der Waals surface area contributed by atoms with Gasteiger partial charge in [-0.2, -0.15) is 0 Å². The Bertz CT molecular complexity index is 872. The van der Waals surface area contributed by atoms with E-state index in [9.17, 15) is 18.9 Å². The van der Waals surface area contributed by atoms with Crippen LogP contribution in [-0.4, -0.2) is 24.4 Å². The fraction of sp³-hybridized carbons (Fsp3) is 0.545. The zero-order valence-corrected chi connectivity index (χ0v) is 21.1. The van der Waals surface area contributed by atoms with Crippen LogP contribution in [0.3, 0.4) is 0 Å². The average molecular weight is 484 g/mol. The van der Waals surface area contributed by atoms with Gasteiger partial charge in [-0.1, -0.05) is 23.7 Å². The molecule has 0 saturated heterocycles. The Morgan fingerprint density at radius 1 is 0.719 bits per heavy atom. The third-order valence-electron chi connectivity index (χ3n) is 3.07. The quantitative estimate of drug-likeness (QED) is 0.311. The van der Waals surface area contributed by atoms with Crippen molar-refractivity contribution >= 4 is 15.6 Å². The van der Waals surface area contributed by atoms with Gasteiger partial charge in [-0.15, -0.1) is 0 Å². The van der Waals surface area contributed by atoms with E-state index in [0.29, 0.717) is 0 Å². The molecule has 1 aromatic carbocycles. The molecule has 0 fully saturated rings. The van der Waals surface area contributed by atoms with Gasteiger partial charge in [-0.3, -0.25) is 9.13 Å². The number of benzene rings is 1. The monoisotopic (exact) mass is 484 g/mol. The van der Waals surface area contributed by atoms with Crippen molar-refractivity contribution in [2.24, 2.45) is 0 Å². The first-order valence-electron chi connectivity index (χ1n) is 9.97. The first kappa shape index (κ1) is 28.6. The van der Waals surface area contributed by atoms with Crippen molar-refractivity contribution in [1.82, 2.24) is 0 Å². The molecule has 0 heterocycles. The Hall–Kier alpha value is -1.44. The van der Waals surface area contributed by atoms with Crippen LogP contribution in [0.1, 0.15) is 65.5 Å². The lowest BCUT2D eigenvalue weighted by atomic mass is 10.1. The van der Waals surface area contributed by atoms with E-state index in [1.165, 1.54) is 0 Å². The van der Waals surface area contributed by atoms with Crippen LogP contribution in [0.15, 0.2) is 24.3 Å². The van der Waals surface area contributed by atoms with E-state index in [1.807, 2.05) is 0 Å². The summed E-state index contributed by atoms with van der Waals surface area (Å²) in [5.41, 5.74) is -0.220. The molecule has 178 valence electrons. The van der Waals surface area contributed by atoms with Crippen molar-refractivity contribution in [3.63, 3.8) is 0 Å². The minimum Gasteiger partial charge on any atom is -0.756 e. The summed E-state index contributed by atoms with van der Waals surface area (Å²) >= 11 is 0. The lowest BCUT2D eigenvalue weighted by molar-refractivity contribution is -0.235. The van der Waals surface area contributed by atoms with Gasteiger partial charge in [-0.05, 0) is 65.8 Å². The summed E-state index contributed by atoms with van der Waals surface area (Å²) in [6.45, 7) is 9.55. The number of hydrogen-bond acceptors (Lipinski definition) is 8. The molecule has 0 aliphatic carbocycles. The smallest absolute Gasteiger partial charge is 0.268 e. The molecule has 0 aliphatic rings. The van der Waals surface area contributed by atoms with Crippen LogP contribution in [0.2, 0.25) is 0 Å². The fourth-order valence-corrected chi connectivity index (χ4v) is 4.18. The van der Waals surface area contributed by atoms with Crippen LogP contribution < -0.4 is 9.79 Å². The van der Waals surface area contributed by atoms with E-state index in [1.54, 1.807) is 65.8 Å². The number of rotatable bonds is 8. The minimum atomic E-state index is -4.35. The molecular formula is C22H30O8P2-2. The van der Waals surface area contributed by atoms with E-state index in [2.05, 4.69) is 23.7 Å². The highest BCUT2D eigenvalue weighted by Crippen LogP contribution is 2.43. The molecule has 0 spiro atoms. The third kappa shape index (κ3) is 14.6. The van der Waals surface area contributed by atoms with Crippen molar-refractivity contribution in [1.29, 1.82) is 0 Å². The molecule has 0 saturated carbocycles. The molecule has 0 aliphatic heterocycles.